The largest absolute Gasteiger partial charge is 0.417 e. The molecule has 6 nitrogen and oxygen atoms in total. The molecule has 2 aliphatic heterocycles. The maximum atomic E-state index is 13.5. The molecule has 0 atom stereocenters. The van der Waals surface area contributed by atoms with Crippen molar-refractivity contribution in [1.29, 1.82) is 5.26 Å². The zero-order valence-corrected chi connectivity index (χ0v) is 19.2. The highest BCUT2D eigenvalue weighted by Crippen LogP contribution is 2.47. The molecule has 2 aromatic rings. The third-order valence-electron chi connectivity index (χ3n) is 7.23. The SMILES string of the molecule is N#Cc1ccc(N2CN(c3ccc(CCCC4=NCCN4)cc3)C3(CCC3)C2=O)cc1C(F)(F)F. The molecule has 1 N–H and O–H groups in total. The Morgan fingerprint density at radius 1 is 1.09 bits per heavy atom. The maximum absolute atomic E-state index is 13.5. The van der Waals surface area contributed by atoms with Crippen molar-refractivity contribution in [2.45, 2.75) is 50.2 Å². The van der Waals surface area contributed by atoms with Crippen LogP contribution in [0.5, 0.6) is 0 Å². The number of alkyl halides is 3. The van der Waals surface area contributed by atoms with Crippen LogP contribution in [0.25, 0.3) is 0 Å². The summed E-state index contributed by atoms with van der Waals surface area (Å²) in [5.74, 6) is 0.885. The lowest BCUT2D eigenvalue weighted by molar-refractivity contribution is -0.137. The Kier molecular flexibility index (Phi) is 5.91. The molecule has 182 valence electrons. The van der Waals surface area contributed by atoms with Crippen LogP contribution in [0.2, 0.25) is 0 Å². The number of carbonyl (C=O) groups is 1. The summed E-state index contributed by atoms with van der Waals surface area (Å²) in [5.41, 5.74) is 0.0504. The monoisotopic (exact) mass is 481 g/mol. The molecule has 2 aromatic carbocycles. The summed E-state index contributed by atoms with van der Waals surface area (Å²) < 4.78 is 40.5. The van der Waals surface area contributed by atoms with Gasteiger partial charge in [0.05, 0.1) is 36.2 Å². The number of hydrogen-bond donors (Lipinski definition) is 1. The van der Waals surface area contributed by atoms with Crippen LogP contribution >= 0.6 is 0 Å². The van der Waals surface area contributed by atoms with Gasteiger partial charge in [-0.05, 0) is 68.0 Å². The first-order valence-corrected chi connectivity index (χ1v) is 11.9. The van der Waals surface area contributed by atoms with Crippen molar-refractivity contribution in [2.75, 3.05) is 29.6 Å². The molecule has 1 saturated carbocycles. The standard InChI is InChI=1S/C26H26F3N5O/c27-26(28,29)22-15-21(10-7-19(22)16-30)33-17-34(25(24(33)35)11-2-12-25)20-8-5-18(6-9-20)3-1-4-23-31-13-14-32-23/h5-10,15H,1-4,11-14,17H2,(H,31,32). The van der Waals surface area contributed by atoms with Crippen LogP contribution in [-0.2, 0) is 17.4 Å². The van der Waals surface area contributed by atoms with E-state index in [0.29, 0.717) is 12.8 Å². The second-order valence-electron chi connectivity index (χ2n) is 9.30. The molecular formula is C26H26F3N5O. The lowest BCUT2D eigenvalue weighted by Gasteiger charge is -2.43. The van der Waals surface area contributed by atoms with Gasteiger partial charge in [0.25, 0.3) is 5.91 Å². The fourth-order valence-electron chi connectivity index (χ4n) is 5.18. The van der Waals surface area contributed by atoms with E-state index >= 15 is 0 Å². The first-order valence-electron chi connectivity index (χ1n) is 11.9. The van der Waals surface area contributed by atoms with Crippen molar-refractivity contribution in [3.63, 3.8) is 0 Å². The number of benzene rings is 2. The van der Waals surface area contributed by atoms with Gasteiger partial charge >= 0.3 is 6.18 Å². The summed E-state index contributed by atoms with van der Waals surface area (Å²) >= 11 is 0. The number of aryl methyl sites for hydroxylation is 1. The number of nitrogens with zero attached hydrogens (tertiary/aromatic N) is 4. The maximum Gasteiger partial charge on any atom is 0.417 e. The second kappa shape index (κ2) is 8.91. The molecule has 0 unspecified atom stereocenters. The van der Waals surface area contributed by atoms with Crippen LogP contribution < -0.4 is 15.1 Å². The minimum absolute atomic E-state index is 0.162. The molecule has 1 saturated heterocycles. The molecule has 35 heavy (non-hydrogen) atoms. The zero-order valence-electron chi connectivity index (χ0n) is 19.2. The van der Waals surface area contributed by atoms with Crippen LogP contribution in [-0.4, -0.2) is 37.0 Å². The van der Waals surface area contributed by atoms with Gasteiger partial charge in [-0.3, -0.25) is 14.7 Å². The molecule has 2 heterocycles. The van der Waals surface area contributed by atoms with Gasteiger partial charge in [0.15, 0.2) is 0 Å². The van der Waals surface area contributed by atoms with E-state index in [9.17, 15) is 18.0 Å². The Labute approximate surface area is 202 Å². The Bertz CT molecular complexity index is 1190. The van der Waals surface area contributed by atoms with Crippen LogP contribution in [0.3, 0.4) is 0 Å². The van der Waals surface area contributed by atoms with Gasteiger partial charge < -0.3 is 10.2 Å². The number of aliphatic imine (C=N–C) groups is 1. The predicted molar refractivity (Wildman–Crippen MR) is 127 cm³/mol. The van der Waals surface area contributed by atoms with Crippen molar-refractivity contribution in [3.05, 3.63) is 59.2 Å². The fraction of sp³-hybridized carbons (Fsp3) is 0.423. The molecule has 1 aliphatic carbocycles. The van der Waals surface area contributed by atoms with E-state index < -0.39 is 22.8 Å². The zero-order chi connectivity index (χ0) is 24.6. The van der Waals surface area contributed by atoms with Crippen molar-refractivity contribution in [2.24, 2.45) is 4.99 Å². The summed E-state index contributed by atoms with van der Waals surface area (Å²) in [6, 6.07) is 13.2. The molecule has 1 spiro atoms. The number of nitrogens with one attached hydrogen (secondary N) is 1. The lowest BCUT2D eigenvalue weighted by atomic mass is 9.75. The number of rotatable bonds is 6. The molecule has 0 radical (unpaired) electrons. The first-order chi connectivity index (χ1) is 16.8. The van der Waals surface area contributed by atoms with Crippen molar-refractivity contribution in [1.82, 2.24) is 5.32 Å². The minimum Gasteiger partial charge on any atom is -0.372 e. The fourth-order valence-corrected chi connectivity index (χ4v) is 5.18. The van der Waals surface area contributed by atoms with Gasteiger partial charge in [0.2, 0.25) is 0 Å². The third kappa shape index (κ3) is 4.22. The summed E-state index contributed by atoms with van der Waals surface area (Å²) in [5, 5.41) is 12.4. The highest BCUT2D eigenvalue weighted by Gasteiger charge is 2.56. The van der Waals surface area contributed by atoms with E-state index in [1.807, 2.05) is 17.0 Å². The normalized spacial score (nSPS) is 18.9. The lowest BCUT2D eigenvalue weighted by Crippen LogP contribution is -2.54. The molecule has 9 heteroatoms. The Hall–Kier alpha value is -3.54. The molecule has 2 fully saturated rings. The predicted octanol–water partition coefficient (Wildman–Crippen LogP) is 4.63. The smallest absolute Gasteiger partial charge is 0.372 e. The Balaban J connectivity index is 1.35. The van der Waals surface area contributed by atoms with E-state index in [-0.39, 0.29) is 18.3 Å². The average molecular weight is 482 g/mol. The van der Waals surface area contributed by atoms with Gasteiger partial charge in [-0.25, -0.2) is 0 Å². The van der Waals surface area contributed by atoms with Crippen LogP contribution in [0.15, 0.2) is 47.5 Å². The Morgan fingerprint density at radius 3 is 2.43 bits per heavy atom. The van der Waals surface area contributed by atoms with Gasteiger partial charge in [-0.15, -0.1) is 0 Å². The van der Waals surface area contributed by atoms with Gasteiger partial charge in [-0.1, -0.05) is 12.1 Å². The van der Waals surface area contributed by atoms with Gasteiger partial charge in [-0.2, -0.15) is 18.4 Å². The van der Waals surface area contributed by atoms with Crippen molar-refractivity contribution < 1.29 is 18.0 Å². The molecule has 5 rings (SSSR count). The van der Waals surface area contributed by atoms with E-state index in [4.69, 9.17) is 5.26 Å². The molecular weight excluding hydrogens is 455 g/mol. The summed E-state index contributed by atoms with van der Waals surface area (Å²) in [7, 11) is 0. The average Bonchev–Trinajstić information content (AvgIpc) is 3.44. The van der Waals surface area contributed by atoms with Crippen molar-refractivity contribution >= 4 is 23.1 Å². The number of amidine groups is 1. The van der Waals surface area contributed by atoms with Crippen LogP contribution in [0, 0.1) is 11.3 Å². The number of carbonyl (C=O) groups excluding carboxylic acids is 1. The second-order valence-corrected chi connectivity index (χ2v) is 9.30. The summed E-state index contributed by atoms with van der Waals surface area (Å²) in [4.78, 5) is 21.3. The quantitative estimate of drug-likeness (QED) is 0.653. The van der Waals surface area contributed by atoms with Crippen LogP contribution in [0.1, 0.15) is 48.8 Å². The highest BCUT2D eigenvalue weighted by molar-refractivity contribution is 6.06. The van der Waals surface area contributed by atoms with Crippen LogP contribution in [0.4, 0.5) is 24.5 Å². The number of anilines is 2. The number of amides is 1. The van der Waals surface area contributed by atoms with E-state index in [0.717, 1.165) is 62.4 Å². The van der Waals surface area contributed by atoms with Crippen molar-refractivity contribution in [3.8, 4) is 6.07 Å². The van der Waals surface area contributed by atoms with Gasteiger partial charge in [0, 0.05) is 24.3 Å². The Morgan fingerprint density at radius 2 is 1.83 bits per heavy atom. The molecule has 0 bridgehead atoms. The highest BCUT2D eigenvalue weighted by atomic mass is 19.4. The van der Waals surface area contributed by atoms with E-state index in [1.165, 1.54) is 16.5 Å². The minimum atomic E-state index is -4.67. The number of hydrogen-bond acceptors (Lipinski definition) is 5. The number of halogens is 3. The topological polar surface area (TPSA) is 71.7 Å². The molecule has 3 aliphatic rings. The summed E-state index contributed by atoms with van der Waals surface area (Å²) in [6.45, 7) is 1.93. The van der Waals surface area contributed by atoms with E-state index in [1.54, 1.807) is 6.07 Å². The number of nitriles is 1. The van der Waals surface area contributed by atoms with Gasteiger partial charge in [0.1, 0.15) is 5.54 Å². The first kappa shape index (κ1) is 23.2. The third-order valence-corrected chi connectivity index (χ3v) is 7.23. The summed E-state index contributed by atoms with van der Waals surface area (Å²) in [6.07, 6.45) is 0.392. The molecule has 0 aromatic heterocycles. The van der Waals surface area contributed by atoms with E-state index in [2.05, 4.69) is 22.4 Å². The molecule has 1 amide bonds.